The predicted molar refractivity (Wildman–Crippen MR) is 100 cm³/mol. The highest BCUT2D eigenvalue weighted by molar-refractivity contribution is 6.00. The van der Waals surface area contributed by atoms with Gasteiger partial charge in [-0.2, -0.15) is 13.2 Å². The van der Waals surface area contributed by atoms with E-state index < -0.39 is 41.5 Å². The third-order valence-electron chi connectivity index (χ3n) is 5.17. The van der Waals surface area contributed by atoms with Crippen molar-refractivity contribution in [3.63, 3.8) is 0 Å². The molecule has 1 fully saturated rings. The van der Waals surface area contributed by atoms with Crippen molar-refractivity contribution in [2.24, 2.45) is 0 Å². The van der Waals surface area contributed by atoms with E-state index in [0.717, 1.165) is 6.07 Å². The highest BCUT2D eigenvalue weighted by Gasteiger charge is 2.42. The van der Waals surface area contributed by atoms with E-state index in [2.05, 4.69) is 0 Å². The summed E-state index contributed by atoms with van der Waals surface area (Å²) in [5.41, 5.74) is 0.680. The molecule has 160 valence electrons. The summed E-state index contributed by atoms with van der Waals surface area (Å²) in [4.78, 5) is 25.1. The van der Waals surface area contributed by atoms with Crippen molar-refractivity contribution in [3.8, 4) is 0 Å². The highest BCUT2D eigenvalue weighted by Crippen LogP contribution is 2.34. The molecule has 2 atom stereocenters. The highest BCUT2D eigenvalue weighted by atomic mass is 19.4. The van der Waals surface area contributed by atoms with E-state index >= 15 is 0 Å². The summed E-state index contributed by atoms with van der Waals surface area (Å²) in [5, 5.41) is 2.01. The maximum Gasteiger partial charge on any atom is 0.471 e. The second-order valence-corrected chi connectivity index (χ2v) is 7.16. The molecule has 0 aliphatic carbocycles. The van der Waals surface area contributed by atoms with Crippen LogP contribution in [-0.2, 0) is 4.79 Å². The number of Topliss-reactive ketones (excluding diaryl/α,β-unsaturated/α-hetero) is 1. The van der Waals surface area contributed by atoms with E-state index in [1.165, 1.54) is 43.3 Å². The van der Waals surface area contributed by atoms with Crippen molar-refractivity contribution in [2.45, 2.75) is 31.5 Å². The summed E-state index contributed by atoms with van der Waals surface area (Å²) in [6.45, 7) is 1.44. The minimum atomic E-state index is -5.07. The number of alkyl halides is 3. The first-order valence-electron chi connectivity index (χ1n) is 9.25. The molecular weight excluding hydrogens is 407 g/mol. The Balaban J connectivity index is 1.94. The molecule has 30 heavy (non-hydrogen) atoms. The Kier molecular flexibility index (Phi) is 6.09. The number of carbonyl (C=O) groups is 2. The summed E-state index contributed by atoms with van der Waals surface area (Å²) in [5.74, 6) is -4.33. The maximum absolute atomic E-state index is 14.2. The van der Waals surface area contributed by atoms with Crippen LogP contribution in [0, 0.1) is 11.6 Å². The lowest BCUT2D eigenvalue weighted by Crippen LogP contribution is -2.54. The third-order valence-corrected chi connectivity index (χ3v) is 5.17. The van der Waals surface area contributed by atoms with E-state index in [-0.39, 0.29) is 17.8 Å². The number of carbonyl (C=O) groups excluding carboxylic acids is 2. The second-order valence-electron chi connectivity index (χ2n) is 7.16. The third kappa shape index (κ3) is 4.60. The topological polar surface area (TPSA) is 49.4 Å². The SMILES string of the molecule is CC(=O)c1c(F)cccc1N1CCC(c2ccc(F)cc2)C(NC(=O)C(F)(F)F)C1. The van der Waals surface area contributed by atoms with Crippen LogP contribution < -0.4 is 10.2 Å². The van der Waals surface area contributed by atoms with Gasteiger partial charge in [0.25, 0.3) is 0 Å². The Labute approximate surface area is 169 Å². The Hall–Kier alpha value is -2.97. The van der Waals surface area contributed by atoms with Crippen molar-refractivity contribution < 1.29 is 31.5 Å². The Morgan fingerprint density at radius 2 is 1.73 bits per heavy atom. The van der Waals surface area contributed by atoms with Crippen LogP contribution in [0.25, 0.3) is 0 Å². The Morgan fingerprint density at radius 1 is 1.07 bits per heavy atom. The first kappa shape index (κ1) is 21.7. The molecule has 1 aliphatic rings. The minimum Gasteiger partial charge on any atom is -0.369 e. The number of nitrogens with zero attached hydrogens (tertiary/aromatic N) is 1. The standard InChI is InChI=1S/C21H19F5N2O2/c1-12(29)19-16(23)3-2-4-18(19)28-10-9-15(13-5-7-14(22)8-6-13)17(11-28)27-20(30)21(24,25)26/h2-8,15,17H,9-11H2,1H3,(H,27,30). The lowest BCUT2D eigenvalue weighted by atomic mass is 9.84. The van der Waals surface area contributed by atoms with Crippen LogP contribution in [-0.4, -0.2) is 37.0 Å². The van der Waals surface area contributed by atoms with Gasteiger partial charge in [0, 0.05) is 19.0 Å². The van der Waals surface area contributed by atoms with Gasteiger partial charge >= 0.3 is 12.1 Å². The number of piperidine rings is 1. The average molecular weight is 426 g/mol. The molecule has 4 nitrogen and oxygen atoms in total. The summed E-state index contributed by atoms with van der Waals surface area (Å²) >= 11 is 0. The fourth-order valence-corrected chi connectivity index (χ4v) is 3.80. The largest absolute Gasteiger partial charge is 0.471 e. The second kappa shape index (κ2) is 8.41. The Bertz CT molecular complexity index is 943. The summed E-state index contributed by atoms with van der Waals surface area (Å²) < 4.78 is 66.0. The van der Waals surface area contributed by atoms with Gasteiger partial charge in [0.1, 0.15) is 11.6 Å². The van der Waals surface area contributed by atoms with E-state index in [0.29, 0.717) is 18.5 Å². The van der Waals surface area contributed by atoms with Crippen molar-refractivity contribution in [1.82, 2.24) is 5.32 Å². The molecule has 3 rings (SSSR count). The first-order chi connectivity index (χ1) is 14.1. The quantitative estimate of drug-likeness (QED) is 0.589. The molecule has 1 amide bonds. The van der Waals surface area contributed by atoms with Gasteiger partial charge in [0.05, 0.1) is 17.3 Å². The molecule has 2 aromatic carbocycles. The van der Waals surface area contributed by atoms with E-state index in [1.807, 2.05) is 5.32 Å². The number of halogens is 5. The fraction of sp³-hybridized carbons (Fsp3) is 0.333. The van der Waals surface area contributed by atoms with Crippen molar-refractivity contribution in [3.05, 3.63) is 65.2 Å². The summed E-state index contributed by atoms with van der Waals surface area (Å²) in [7, 11) is 0. The number of ketones is 1. The number of anilines is 1. The smallest absolute Gasteiger partial charge is 0.369 e. The molecule has 9 heteroatoms. The molecule has 2 unspecified atom stereocenters. The molecule has 0 saturated carbocycles. The van der Waals surface area contributed by atoms with Crippen LogP contribution in [0.15, 0.2) is 42.5 Å². The van der Waals surface area contributed by atoms with Crippen LogP contribution >= 0.6 is 0 Å². The number of hydrogen-bond acceptors (Lipinski definition) is 3. The maximum atomic E-state index is 14.2. The molecule has 0 aromatic heterocycles. The number of amides is 1. The number of rotatable bonds is 4. The monoisotopic (exact) mass is 426 g/mol. The lowest BCUT2D eigenvalue weighted by Gasteiger charge is -2.41. The zero-order chi connectivity index (χ0) is 22.1. The van der Waals surface area contributed by atoms with Crippen LogP contribution in [0.5, 0.6) is 0 Å². The van der Waals surface area contributed by atoms with Gasteiger partial charge in [0.15, 0.2) is 5.78 Å². The van der Waals surface area contributed by atoms with Gasteiger partial charge in [0.2, 0.25) is 0 Å². The van der Waals surface area contributed by atoms with Crippen molar-refractivity contribution in [1.29, 1.82) is 0 Å². The first-order valence-corrected chi connectivity index (χ1v) is 9.25. The van der Waals surface area contributed by atoms with E-state index in [4.69, 9.17) is 0 Å². The normalized spacial score (nSPS) is 19.5. The van der Waals surface area contributed by atoms with Crippen molar-refractivity contribution in [2.75, 3.05) is 18.0 Å². The molecule has 2 aromatic rings. The predicted octanol–water partition coefficient (Wildman–Crippen LogP) is 4.21. The minimum absolute atomic E-state index is 0.0758. The average Bonchev–Trinajstić information content (AvgIpc) is 2.67. The van der Waals surface area contributed by atoms with Crippen molar-refractivity contribution >= 4 is 17.4 Å². The molecular formula is C21H19F5N2O2. The number of hydrogen-bond donors (Lipinski definition) is 1. The fourth-order valence-electron chi connectivity index (χ4n) is 3.80. The van der Waals surface area contributed by atoms with Crippen LogP contribution in [0.4, 0.5) is 27.6 Å². The molecule has 0 spiro atoms. The summed E-state index contributed by atoms with van der Waals surface area (Å²) in [6.07, 6.45) is -4.76. The molecule has 1 saturated heterocycles. The van der Waals surface area contributed by atoms with Crippen LogP contribution in [0.1, 0.15) is 35.2 Å². The number of benzene rings is 2. The Morgan fingerprint density at radius 3 is 2.33 bits per heavy atom. The van der Waals surface area contributed by atoms with E-state index in [1.54, 1.807) is 4.90 Å². The number of nitrogens with one attached hydrogen (secondary N) is 1. The summed E-state index contributed by atoms with van der Waals surface area (Å²) in [6, 6.07) is 8.40. The zero-order valence-electron chi connectivity index (χ0n) is 16.0. The molecule has 1 N–H and O–H groups in total. The molecule has 1 aliphatic heterocycles. The zero-order valence-corrected chi connectivity index (χ0v) is 16.0. The van der Waals surface area contributed by atoms with Crippen LogP contribution in [0.3, 0.4) is 0 Å². The van der Waals surface area contributed by atoms with Gasteiger partial charge < -0.3 is 10.2 Å². The van der Waals surface area contributed by atoms with Gasteiger partial charge in [-0.15, -0.1) is 0 Å². The van der Waals surface area contributed by atoms with E-state index in [9.17, 15) is 31.5 Å². The van der Waals surface area contributed by atoms with Gasteiger partial charge in [-0.25, -0.2) is 8.78 Å². The molecule has 1 heterocycles. The molecule has 0 bridgehead atoms. The van der Waals surface area contributed by atoms with Gasteiger partial charge in [-0.05, 0) is 43.2 Å². The van der Waals surface area contributed by atoms with Crippen LogP contribution in [0.2, 0.25) is 0 Å². The van der Waals surface area contributed by atoms with Gasteiger partial charge in [-0.3, -0.25) is 9.59 Å². The lowest BCUT2D eigenvalue weighted by molar-refractivity contribution is -0.174. The van der Waals surface area contributed by atoms with Gasteiger partial charge in [-0.1, -0.05) is 18.2 Å². The molecule has 0 radical (unpaired) electrons.